The predicted molar refractivity (Wildman–Crippen MR) is 115 cm³/mol. The van der Waals surface area contributed by atoms with Crippen molar-refractivity contribution in [2.75, 3.05) is 46.5 Å². The maximum absolute atomic E-state index is 13.6. The zero-order valence-electron chi connectivity index (χ0n) is 16.7. The first kappa shape index (κ1) is 23.7. The number of likely N-dealkylation sites (N-methyl/N-ethyl adjacent to an activating group) is 1. The summed E-state index contributed by atoms with van der Waals surface area (Å²) in [5.41, 5.74) is -0.00806. The molecule has 1 amide bonds. The lowest BCUT2D eigenvalue weighted by Crippen LogP contribution is -2.40. The largest absolute Gasteiger partial charge is 0.489 e. The van der Waals surface area contributed by atoms with Crippen LogP contribution in [0.1, 0.15) is 10.4 Å². The molecule has 1 saturated heterocycles. The molecule has 168 valence electrons. The zero-order valence-corrected chi connectivity index (χ0v) is 19.0. The van der Waals surface area contributed by atoms with Gasteiger partial charge in [0.25, 0.3) is 5.91 Å². The highest BCUT2D eigenvalue weighted by atomic mass is 35.5. The van der Waals surface area contributed by atoms with Gasteiger partial charge in [0.2, 0.25) is 10.0 Å². The number of nitrogens with zero attached hydrogens (tertiary/aromatic N) is 2. The summed E-state index contributed by atoms with van der Waals surface area (Å²) in [7, 11) is -2.42. The Morgan fingerprint density at radius 1 is 1.19 bits per heavy atom. The SMILES string of the molecule is CN(CCOc1ccccc1F)C(=O)c1cc(S(=O)(=O)N2CCOCC2)c(Cl)cc1Cl. The quantitative estimate of drug-likeness (QED) is 0.594. The standard InChI is InChI=1S/C20H21Cl2FN2O5S/c1-24(6-11-30-18-5-3-2-4-17(18)23)20(26)14-12-19(16(22)13-15(14)21)31(27,28)25-7-9-29-10-8-25/h2-5,12-13H,6-11H2,1H3. The average Bonchev–Trinajstić information content (AvgIpc) is 2.75. The van der Waals surface area contributed by atoms with Gasteiger partial charge >= 0.3 is 0 Å². The highest BCUT2D eigenvalue weighted by Crippen LogP contribution is 2.31. The van der Waals surface area contributed by atoms with Crippen molar-refractivity contribution in [3.63, 3.8) is 0 Å². The molecule has 0 saturated carbocycles. The molecule has 0 atom stereocenters. The minimum absolute atomic E-state index is 0.00806. The molecule has 0 unspecified atom stereocenters. The van der Waals surface area contributed by atoms with E-state index >= 15 is 0 Å². The Balaban J connectivity index is 1.76. The first-order valence-electron chi connectivity index (χ1n) is 9.41. The topological polar surface area (TPSA) is 76.2 Å². The van der Waals surface area contributed by atoms with Crippen LogP contribution in [0.25, 0.3) is 0 Å². The molecule has 0 radical (unpaired) electrons. The van der Waals surface area contributed by atoms with Crippen molar-refractivity contribution in [2.24, 2.45) is 0 Å². The fourth-order valence-corrected chi connectivity index (χ4v) is 5.21. The van der Waals surface area contributed by atoms with Crippen LogP contribution in [0.4, 0.5) is 4.39 Å². The number of ether oxygens (including phenoxy) is 2. The lowest BCUT2D eigenvalue weighted by Gasteiger charge is -2.27. The summed E-state index contributed by atoms with van der Waals surface area (Å²) in [5, 5.41) is -0.0450. The Bertz CT molecular complexity index is 1060. The molecule has 0 aromatic heterocycles. The molecular formula is C20H21Cl2FN2O5S. The van der Waals surface area contributed by atoms with Crippen molar-refractivity contribution in [1.29, 1.82) is 0 Å². The van der Waals surface area contributed by atoms with Gasteiger partial charge in [-0.05, 0) is 24.3 Å². The first-order chi connectivity index (χ1) is 14.7. The predicted octanol–water partition coefficient (Wildman–Crippen LogP) is 3.30. The van der Waals surface area contributed by atoms with E-state index in [4.69, 9.17) is 32.7 Å². The van der Waals surface area contributed by atoms with E-state index in [0.717, 1.165) is 0 Å². The van der Waals surface area contributed by atoms with Crippen LogP contribution in [0.15, 0.2) is 41.3 Å². The molecule has 1 aliphatic heterocycles. The van der Waals surface area contributed by atoms with Gasteiger partial charge in [-0.2, -0.15) is 4.31 Å². The molecule has 0 aliphatic carbocycles. The number of hydrogen-bond acceptors (Lipinski definition) is 5. The van der Waals surface area contributed by atoms with Crippen LogP contribution >= 0.6 is 23.2 Å². The number of rotatable bonds is 7. The molecule has 11 heteroatoms. The number of sulfonamides is 1. The van der Waals surface area contributed by atoms with Gasteiger partial charge in [0.05, 0.1) is 35.4 Å². The molecule has 0 spiro atoms. The summed E-state index contributed by atoms with van der Waals surface area (Å²) < 4.78 is 51.4. The van der Waals surface area contributed by atoms with E-state index in [2.05, 4.69) is 0 Å². The van der Waals surface area contributed by atoms with E-state index in [0.29, 0.717) is 0 Å². The van der Waals surface area contributed by atoms with Gasteiger partial charge in [-0.25, -0.2) is 12.8 Å². The summed E-state index contributed by atoms with van der Waals surface area (Å²) in [6, 6.07) is 8.36. The lowest BCUT2D eigenvalue weighted by molar-refractivity contribution is 0.0730. The van der Waals surface area contributed by atoms with E-state index in [1.165, 1.54) is 40.5 Å². The van der Waals surface area contributed by atoms with Crippen LogP contribution in [0, 0.1) is 5.82 Å². The second-order valence-corrected chi connectivity index (χ2v) is 9.51. The number of carbonyl (C=O) groups excluding carboxylic acids is 1. The minimum atomic E-state index is -3.92. The smallest absolute Gasteiger partial charge is 0.255 e. The second kappa shape index (κ2) is 10.1. The van der Waals surface area contributed by atoms with E-state index < -0.39 is 21.7 Å². The molecule has 1 aliphatic rings. The normalized spacial score (nSPS) is 15.0. The number of amides is 1. The van der Waals surface area contributed by atoms with Gasteiger partial charge in [0.1, 0.15) is 11.5 Å². The third kappa shape index (κ3) is 5.48. The summed E-state index contributed by atoms with van der Waals surface area (Å²) in [4.78, 5) is 14.0. The molecule has 0 N–H and O–H groups in total. The van der Waals surface area contributed by atoms with Gasteiger partial charge in [-0.15, -0.1) is 0 Å². The summed E-state index contributed by atoms with van der Waals surface area (Å²) in [6.45, 7) is 1.10. The fourth-order valence-electron chi connectivity index (χ4n) is 2.98. The van der Waals surface area contributed by atoms with Crippen molar-refractivity contribution in [1.82, 2.24) is 9.21 Å². The Morgan fingerprint density at radius 3 is 2.55 bits per heavy atom. The first-order valence-corrected chi connectivity index (χ1v) is 11.6. The number of hydrogen-bond donors (Lipinski definition) is 0. The van der Waals surface area contributed by atoms with Gasteiger partial charge in [-0.3, -0.25) is 4.79 Å². The van der Waals surface area contributed by atoms with E-state index in [1.54, 1.807) is 12.1 Å². The summed E-state index contributed by atoms with van der Waals surface area (Å²) >= 11 is 12.3. The molecular weight excluding hydrogens is 470 g/mol. The molecule has 1 fully saturated rings. The van der Waals surface area contributed by atoms with Crippen LogP contribution in [-0.2, 0) is 14.8 Å². The molecule has 2 aromatic rings. The van der Waals surface area contributed by atoms with Crippen LogP contribution < -0.4 is 4.74 Å². The number of benzene rings is 2. The maximum Gasteiger partial charge on any atom is 0.255 e. The highest BCUT2D eigenvalue weighted by molar-refractivity contribution is 7.89. The third-order valence-electron chi connectivity index (χ3n) is 4.71. The summed E-state index contributed by atoms with van der Waals surface area (Å²) in [6.07, 6.45) is 0. The Kier molecular flexibility index (Phi) is 7.77. The minimum Gasteiger partial charge on any atom is -0.489 e. The molecule has 3 rings (SSSR count). The van der Waals surface area contributed by atoms with Crippen LogP contribution in [-0.4, -0.2) is 70.0 Å². The Labute approximate surface area is 190 Å². The molecule has 31 heavy (non-hydrogen) atoms. The monoisotopic (exact) mass is 490 g/mol. The average molecular weight is 491 g/mol. The Hall–Kier alpha value is -1.91. The van der Waals surface area contributed by atoms with Crippen molar-refractivity contribution in [3.8, 4) is 5.75 Å². The van der Waals surface area contributed by atoms with E-state index in [-0.39, 0.29) is 65.7 Å². The van der Waals surface area contributed by atoms with Crippen LogP contribution in [0.2, 0.25) is 10.0 Å². The van der Waals surface area contributed by atoms with Crippen LogP contribution in [0.3, 0.4) is 0 Å². The van der Waals surface area contributed by atoms with E-state index in [9.17, 15) is 17.6 Å². The molecule has 7 nitrogen and oxygen atoms in total. The summed E-state index contributed by atoms with van der Waals surface area (Å²) in [5.74, 6) is -0.945. The number of carbonyl (C=O) groups is 1. The van der Waals surface area contributed by atoms with Crippen molar-refractivity contribution < 1.29 is 27.1 Å². The van der Waals surface area contributed by atoms with E-state index in [1.807, 2.05) is 0 Å². The highest BCUT2D eigenvalue weighted by Gasteiger charge is 2.30. The van der Waals surface area contributed by atoms with Crippen molar-refractivity contribution in [3.05, 3.63) is 57.8 Å². The number of halogens is 3. The third-order valence-corrected chi connectivity index (χ3v) is 7.38. The fraction of sp³-hybridized carbons (Fsp3) is 0.350. The van der Waals surface area contributed by atoms with Gasteiger partial charge in [-0.1, -0.05) is 35.3 Å². The van der Waals surface area contributed by atoms with Gasteiger partial charge < -0.3 is 14.4 Å². The molecule has 2 aromatic carbocycles. The maximum atomic E-state index is 13.6. The number of para-hydroxylation sites is 1. The second-order valence-electron chi connectivity index (χ2n) is 6.78. The van der Waals surface area contributed by atoms with Gasteiger partial charge in [0, 0.05) is 20.1 Å². The molecule has 0 bridgehead atoms. The van der Waals surface area contributed by atoms with Crippen molar-refractivity contribution >= 4 is 39.1 Å². The Morgan fingerprint density at radius 2 is 1.87 bits per heavy atom. The zero-order chi connectivity index (χ0) is 22.6. The lowest BCUT2D eigenvalue weighted by atomic mass is 10.2. The van der Waals surface area contributed by atoms with Gasteiger partial charge in [0.15, 0.2) is 11.6 Å². The van der Waals surface area contributed by atoms with Crippen molar-refractivity contribution in [2.45, 2.75) is 4.90 Å². The molecule has 1 heterocycles. The van der Waals surface area contributed by atoms with Crippen LogP contribution in [0.5, 0.6) is 5.75 Å². The number of morpholine rings is 1.